The van der Waals surface area contributed by atoms with Crippen molar-refractivity contribution < 1.29 is 5.11 Å². The molecule has 0 spiro atoms. The molecule has 0 aliphatic heterocycles. The van der Waals surface area contributed by atoms with Crippen LogP contribution in [0.4, 0.5) is 0 Å². The zero-order valence-corrected chi connectivity index (χ0v) is 11.5. The monoisotopic (exact) mass is 288 g/mol. The fourth-order valence-electron chi connectivity index (χ4n) is 2.10. The Balaban J connectivity index is 2.96. The lowest BCUT2D eigenvalue weighted by Gasteiger charge is -2.11. The van der Waals surface area contributed by atoms with E-state index in [1.807, 2.05) is 0 Å². The molecule has 0 saturated carbocycles. The molecule has 0 aromatic carbocycles. The molecular formula is C14H16N4O3. The lowest BCUT2D eigenvalue weighted by molar-refractivity contribution is 0.159. The quantitative estimate of drug-likeness (QED) is 0.780. The molecule has 21 heavy (non-hydrogen) atoms. The van der Waals surface area contributed by atoms with Crippen LogP contribution < -0.4 is 11.2 Å². The van der Waals surface area contributed by atoms with Crippen LogP contribution in [0, 0.1) is 0 Å². The van der Waals surface area contributed by atoms with Gasteiger partial charge in [-0.1, -0.05) is 18.7 Å². The Morgan fingerprint density at radius 2 is 1.81 bits per heavy atom. The molecule has 1 atom stereocenters. The summed E-state index contributed by atoms with van der Waals surface area (Å²) in [5, 5.41) is 9.88. The number of aromatic nitrogens is 4. The zero-order chi connectivity index (χ0) is 15.6. The maximum Gasteiger partial charge on any atom is 0.333 e. The fourth-order valence-corrected chi connectivity index (χ4v) is 2.10. The number of hydrogen-bond donors (Lipinski definition) is 1. The Hall–Kier alpha value is -2.67. The summed E-state index contributed by atoms with van der Waals surface area (Å²) < 4.78 is 3.62. The number of aliphatic hydroxyl groups is 1. The van der Waals surface area contributed by atoms with E-state index in [2.05, 4.69) is 24.7 Å². The molecule has 0 radical (unpaired) electrons. The average molecular weight is 288 g/mol. The highest BCUT2D eigenvalue weighted by Crippen LogP contribution is 2.12. The lowest BCUT2D eigenvalue weighted by Crippen LogP contribution is -2.40. The standard InChI is InChI=1S/C14H16N4O3/c1-4-7-16-12-11(18(9-15-12)10(19)6-3)13(20)17(8-5-2)14(16)21/h4-6,9-10,19H,1-3,7-8H2. The van der Waals surface area contributed by atoms with E-state index in [0.29, 0.717) is 0 Å². The fraction of sp³-hybridized carbons (Fsp3) is 0.214. The van der Waals surface area contributed by atoms with Gasteiger partial charge in [0.25, 0.3) is 5.56 Å². The van der Waals surface area contributed by atoms with Gasteiger partial charge in [-0.15, -0.1) is 13.2 Å². The molecule has 0 fully saturated rings. The minimum atomic E-state index is -1.10. The van der Waals surface area contributed by atoms with Crippen molar-refractivity contribution in [3.05, 3.63) is 65.1 Å². The Morgan fingerprint density at radius 3 is 2.38 bits per heavy atom. The number of allylic oxidation sites excluding steroid dienone is 2. The Bertz CT molecular complexity index is 825. The van der Waals surface area contributed by atoms with Gasteiger partial charge in [0.15, 0.2) is 17.4 Å². The summed E-state index contributed by atoms with van der Waals surface area (Å²) in [6.45, 7) is 10.9. The summed E-state index contributed by atoms with van der Waals surface area (Å²) in [4.78, 5) is 28.9. The molecule has 7 heteroatoms. The Kier molecular flexibility index (Phi) is 4.04. The van der Waals surface area contributed by atoms with E-state index in [4.69, 9.17) is 0 Å². The molecule has 2 heterocycles. The van der Waals surface area contributed by atoms with Crippen molar-refractivity contribution in [2.75, 3.05) is 0 Å². The first-order valence-corrected chi connectivity index (χ1v) is 6.29. The second kappa shape index (κ2) is 5.76. The van der Waals surface area contributed by atoms with Crippen molar-refractivity contribution in [3.8, 4) is 0 Å². The van der Waals surface area contributed by atoms with Gasteiger partial charge >= 0.3 is 5.69 Å². The molecule has 0 aliphatic rings. The molecule has 0 saturated heterocycles. The summed E-state index contributed by atoms with van der Waals surface area (Å²) in [5.41, 5.74) is -0.698. The lowest BCUT2D eigenvalue weighted by atomic mass is 10.4. The molecule has 2 aromatic rings. The highest BCUT2D eigenvalue weighted by atomic mass is 16.3. The highest BCUT2D eigenvalue weighted by Gasteiger charge is 2.18. The van der Waals surface area contributed by atoms with Crippen LogP contribution >= 0.6 is 0 Å². The van der Waals surface area contributed by atoms with E-state index in [-0.39, 0.29) is 24.3 Å². The van der Waals surface area contributed by atoms with Gasteiger partial charge in [-0.05, 0) is 6.08 Å². The first kappa shape index (κ1) is 14.7. The van der Waals surface area contributed by atoms with Crippen LogP contribution in [-0.2, 0) is 13.1 Å². The first-order valence-electron chi connectivity index (χ1n) is 6.29. The van der Waals surface area contributed by atoms with E-state index >= 15 is 0 Å². The maximum atomic E-state index is 12.5. The van der Waals surface area contributed by atoms with Crippen molar-refractivity contribution >= 4 is 11.2 Å². The number of rotatable bonds is 6. The van der Waals surface area contributed by atoms with Crippen molar-refractivity contribution in [2.24, 2.45) is 0 Å². The largest absolute Gasteiger partial charge is 0.370 e. The molecule has 7 nitrogen and oxygen atoms in total. The van der Waals surface area contributed by atoms with E-state index in [1.165, 1.54) is 33.7 Å². The minimum Gasteiger partial charge on any atom is -0.370 e. The Labute approximate surface area is 120 Å². The predicted molar refractivity (Wildman–Crippen MR) is 80.1 cm³/mol. The second-order valence-corrected chi connectivity index (χ2v) is 4.36. The zero-order valence-electron chi connectivity index (χ0n) is 11.5. The summed E-state index contributed by atoms with van der Waals surface area (Å²) in [6, 6.07) is 0. The van der Waals surface area contributed by atoms with E-state index < -0.39 is 17.5 Å². The van der Waals surface area contributed by atoms with E-state index in [9.17, 15) is 14.7 Å². The molecule has 1 N–H and O–H groups in total. The molecule has 2 aromatic heterocycles. The highest BCUT2D eigenvalue weighted by molar-refractivity contribution is 5.70. The van der Waals surface area contributed by atoms with Gasteiger partial charge in [-0.2, -0.15) is 0 Å². The maximum absolute atomic E-state index is 12.5. The van der Waals surface area contributed by atoms with Crippen LogP contribution in [0.3, 0.4) is 0 Å². The first-order chi connectivity index (χ1) is 10.1. The van der Waals surface area contributed by atoms with Crippen LogP contribution in [0.15, 0.2) is 53.9 Å². The van der Waals surface area contributed by atoms with Crippen LogP contribution in [0.5, 0.6) is 0 Å². The third-order valence-corrected chi connectivity index (χ3v) is 3.06. The minimum absolute atomic E-state index is 0.0696. The molecule has 0 aliphatic carbocycles. The topological polar surface area (TPSA) is 82.0 Å². The van der Waals surface area contributed by atoms with Gasteiger partial charge in [0.2, 0.25) is 0 Å². The van der Waals surface area contributed by atoms with Gasteiger partial charge in [0.05, 0.1) is 0 Å². The predicted octanol–water partition coefficient (Wildman–Crippen LogP) is 0.409. The van der Waals surface area contributed by atoms with Crippen LogP contribution in [0.1, 0.15) is 6.23 Å². The van der Waals surface area contributed by atoms with E-state index in [0.717, 1.165) is 4.57 Å². The van der Waals surface area contributed by atoms with Gasteiger partial charge in [-0.25, -0.2) is 9.78 Å². The number of hydrogen-bond acceptors (Lipinski definition) is 4. The third kappa shape index (κ3) is 2.27. The Morgan fingerprint density at radius 1 is 1.19 bits per heavy atom. The number of imidazole rings is 1. The second-order valence-electron chi connectivity index (χ2n) is 4.36. The van der Waals surface area contributed by atoms with Gasteiger partial charge in [0, 0.05) is 13.1 Å². The van der Waals surface area contributed by atoms with E-state index in [1.54, 1.807) is 0 Å². The van der Waals surface area contributed by atoms with Gasteiger partial charge in [-0.3, -0.25) is 18.5 Å². The normalized spacial score (nSPS) is 12.2. The molecule has 2 rings (SSSR count). The molecule has 1 unspecified atom stereocenters. The average Bonchev–Trinajstić information content (AvgIpc) is 2.92. The van der Waals surface area contributed by atoms with Crippen molar-refractivity contribution in [2.45, 2.75) is 19.3 Å². The number of nitrogens with zero attached hydrogens (tertiary/aromatic N) is 4. The van der Waals surface area contributed by atoms with Crippen LogP contribution in [-0.4, -0.2) is 23.8 Å². The summed E-state index contributed by atoms with van der Waals surface area (Å²) in [5.74, 6) is 0. The summed E-state index contributed by atoms with van der Waals surface area (Å²) >= 11 is 0. The molecule has 110 valence electrons. The SMILES string of the molecule is C=CCn1c(=O)c2c(ncn2C(O)C=C)n(CC=C)c1=O. The number of aliphatic hydroxyl groups excluding tert-OH is 1. The van der Waals surface area contributed by atoms with Crippen molar-refractivity contribution in [3.63, 3.8) is 0 Å². The third-order valence-electron chi connectivity index (χ3n) is 3.06. The van der Waals surface area contributed by atoms with Crippen LogP contribution in [0.2, 0.25) is 0 Å². The summed E-state index contributed by atoms with van der Waals surface area (Å²) in [7, 11) is 0. The summed E-state index contributed by atoms with van der Waals surface area (Å²) in [6.07, 6.45) is 4.45. The van der Waals surface area contributed by atoms with Gasteiger partial charge < -0.3 is 5.11 Å². The molecule has 0 amide bonds. The number of fused-ring (bicyclic) bond motifs is 1. The smallest absolute Gasteiger partial charge is 0.333 e. The van der Waals surface area contributed by atoms with Crippen LogP contribution in [0.25, 0.3) is 11.2 Å². The van der Waals surface area contributed by atoms with Crippen molar-refractivity contribution in [1.82, 2.24) is 18.7 Å². The molecular weight excluding hydrogens is 272 g/mol. The van der Waals surface area contributed by atoms with Crippen molar-refractivity contribution in [1.29, 1.82) is 0 Å². The van der Waals surface area contributed by atoms with Gasteiger partial charge in [0.1, 0.15) is 6.33 Å². The molecule has 0 bridgehead atoms.